The van der Waals surface area contributed by atoms with E-state index in [0.29, 0.717) is 28.8 Å². The van der Waals surface area contributed by atoms with Crippen LogP contribution in [-0.2, 0) is 22.4 Å². The van der Waals surface area contributed by atoms with Crippen LogP contribution in [0.5, 0.6) is 0 Å². The minimum Gasteiger partial charge on any atom is -0.465 e. The molecule has 3 rings (SSSR count). The van der Waals surface area contributed by atoms with Crippen molar-refractivity contribution in [1.82, 2.24) is 0 Å². The van der Waals surface area contributed by atoms with Crippen LogP contribution >= 0.6 is 11.3 Å². The molecule has 0 unspecified atom stereocenters. The summed E-state index contributed by atoms with van der Waals surface area (Å²) < 4.78 is 10.4. The molecular formula is C19H21NO4S. The third-order valence-electron chi connectivity index (χ3n) is 4.17. The van der Waals surface area contributed by atoms with Crippen LogP contribution < -0.4 is 5.32 Å². The molecule has 2 aromatic heterocycles. The fourth-order valence-electron chi connectivity index (χ4n) is 2.96. The first-order valence-electron chi connectivity index (χ1n) is 8.42. The van der Waals surface area contributed by atoms with Crippen LogP contribution in [0, 0.1) is 5.92 Å². The number of ether oxygens (including phenoxy) is 1. The third kappa shape index (κ3) is 4.02. The summed E-state index contributed by atoms with van der Waals surface area (Å²) in [5.41, 5.74) is 1.56. The maximum Gasteiger partial charge on any atom is 0.341 e. The Kier molecular flexibility index (Phi) is 5.38. The fraction of sp³-hybridized carbons (Fsp3) is 0.368. The fourth-order valence-corrected chi connectivity index (χ4v) is 4.36. The van der Waals surface area contributed by atoms with Crippen molar-refractivity contribution < 1.29 is 18.7 Å². The smallest absolute Gasteiger partial charge is 0.341 e. The van der Waals surface area contributed by atoms with Crippen molar-refractivity contribution in [2.24, 2.45) is 5.92 Å². The van der Waals surface area contributed by atoms with Crippen molar-refractivity contribution in [2.75, 3.05) is 11.9 Å². The van der Waals surface area contributed by atoms with Crippen LogP contribution in [0.25, 0.3) is 6.08 Å². The maximum atomic E-state index is 12.4. The van der Waals surface area contributed by atoms with Crippen molar-refractivity contribution >= 4 is 34.3 Å². The van der Waals surface area contributed by atoms with Crippen LogP contribution in [0.3, 0.4) is 0 Å². The van der Waals surface area contributed by atoms with Crippen LogP contribution in [0.15, 0.2) is 28.9 Å². The Bertz CT molecular complexity index is 789. The van der Waals surface area contributed by atoms with Crippen LogP contribution in [0.1, 0.15) is 46.8 Å². The van der Waals surface area contributed by atoms with Gasteiger partial charge in [0, 0.05) is 11.0 Å². The Hall–Kier alpha value is -2.34. The first-order chi connectivity index (χ1) is 12.1. The molecule has 0 radical (unpaired) electrons. The number of furan rings is 1. The van der Waals surface area contributed by atoms with Gasteiger partial charge in [-0.15, -0.1) is 11.3 Å². The highest BCUT2D eigenvalue weighted by Crippen LogP contribution is 2.40. The van der Waals surface area contributed by atoms with Gasteiger partial charge in [-0.1, -0.05) is 6.92 Å². The molecule has 1 aliphatic carbocycles. The van der Waals surface area contributed by atoms with Gasteiger partial charge in [0.1, 0.15) is 10.8 Å². The monoisotopic (exact) mass is 359 g/mol. The number of thiophene rings is 1. The van der Waals surface area contributed by atoms with E-state index in [2.05, 4.69) is 12.2 Å². The van der Waals surface area contributed by atoms with E-state index in [4.69, 9.17) is 9.15 Å². The zero-order valence-electron chi connectivity index (χ0n) is 14.3. The van der Waals surface area contributed by atoms with Gasteiger partial charge < -0.3 is 14.5 Å². The third-order valence-corrected chi connectivity index (χ3v) is 5.34. The number of nitrogens with one attached hydrogen (secondary N) is 1. The molecule has 2 heterocycles. The lowest BCUT2D eigenvalue weighted by Crippen LogP contribution is -2.15. The lowest BCUT2D eigenvalue weighted by molar-refractivity contribution is -0.111. The van der Waals surface area contributed by atoms with Crippen molar-refractivity contribution in [3.8, 4) is 0 Å². The van der Waals surface area contributed by atoms with Gasteiger partial charge in [-0.25, -0.2) is 4.79 Å². The van der Waals surface area contributed by atoms with Crippen LogP contribution in [0.2, 0.25) is 0 Å². The summed E-state index contributed by atoms with van der Waals surface area (Å²) >= 11 is 1.48. The van der Waals surface area contributed by atoms with Crippen LogP contribution in [0.4, 0.5) is 5.00 Å². The Morgan fingerprint density at radius 1 is 1.48 bits per heavy atom. The number of rotatable bonds is 5. The number of anilines is 1. The average molecular weight is 359 g/mol. The Labute approximate surface area is 150 Å². The van der Waals surface area contributed by atoms with Crippen molar-refractivity contribution in [2.45, 2.75) is 33.1 Å². The zero-order chi connectivity index (χ0) is 17.8. The van der Waals surface area contributed by atoms with E-state index in [0.717, 1.165) is 24.8 Å². The highest BCUT2D eigenvalue weighted by Gasteiger charge is 2.28. The number of carbonyl (C=O) groups is 2. The van der Waals surface area contributed by atoms with Crippen molar-refractivity contribution in [3.63, 3.8) is 0 Å². The Morgan fingerprint density at radius 3 is 3.04 bits per heavy atom. The first kappa shape index (κ1) is 17.5. The predicted molar refractivity (Wildman–Crippen MR) is 97.8 cm³/mol. The van der Waals surface area contributed by atoms with Crippen molar-refractivity contribution in [3.05, 3.63) is 46.2 Å². The molecule has 25 heavy (non-hydrogen) atoms. The molecule has 0 bridgehead atoms. The molecule has 0 saturated carbocycles. The van der Waals surface area contributed by atoms with E-state index in [9.17, 15) is 9.59 Å². The van der Waals surface area contributed by atoms with Gasteiger partial charge in [0.25, 0.3) is 0 Å². The van der Waals surface area contributed by atoms with E-state index in [1.165, 1.54) is 22.3 Å². The SMILES string of the molecule is CCOC(=O)c1c(NC(=O)/C=C\c2ccco2)sc2c1CC[C@H](C)C2. The molecule has 0 fully saturated rings. The molecule has 6 heteroatoms. The standard InChI is InChI=1S/C19H21NO4S/c1-3-23-19(22)17-14-8-6-12(2)11-15(14)25-18(17)20-16(21)9-7-13-5-4-10-24-13/h4-5,7,9-10,12H,3,6,8,11H2,1-2H3,(H,20,21)/b9-7-/t12-/m0/s1. The molecule has 5 nitrogen and oxygen atoms in total. The lowest BCUT2D eigenvalue weighted by Gasteiger charge is -2.18. The van der Waals surface area contributed by atoms with E-state index in [1.54, 1.807) is 31.4 Å². The summed E-state index contributed by atoms with van der Waals surface area (Å²) in [7, 11) is 0. The number of carbonyl (C=O) groups excluding carboxylic acids is 2. The summed E-state index contributed by atoms with van der Waals surface area (Å²) in [6.07, 6.45) is 7.36. The number of fused-ring (bicyclic) bond motifs is 1. The molecule has 0 saturated heterocycles. The normalized spacial score (nSPS) is 16.6. The van der Waals surface area contributed by atoms with E-state index in [1.807, 2.05) is 0 Å². The summed E-state index contributed by atoms with van der Waals surface area (Å²) in [4.78, 5) is 25.8. The minimum absolute atomic E-state index is 0.298. The second kappa shape index (κ2) is 7.70. The molecule has 2 aromatic rings. The van der Waals surface area contributed by atoms with Gasteiger partial charge in [0.2, 0.25) is 5.91 Å². The number of hydrogen-bond donors (Lipinski definition) is 1. The molecule has 132 valence electrons. The maximum absolute atomic E-state index is 12.4. The minimum atomic E-state index is -0.361. The van der Waals surface area contributed by atoms with E-state index in [-0.39, 0.29) is 11.9 Å². The highest BCUT2D eigenvalue weighted by molar-refractivity contribution is 7.17. The number of amides is 1. The number of hydrogen-bond acceptors (Lipinski definition) is 5. The second-order valence-electron chi connectivity index (χ2n) is 6.11. The molecule has 0 aliphatic heterocycles. The Morgan fingerprint density at radius 2 is 2.32 bits per heavy atom. The quantitative estimate of drug-likeness (QED) is 0.638. The van der Waals surface area contributed by atoms with Gasteiger partial charge in [-0.2, -0.15) is 0 Å². The predicted octanol–water partition coefficient (Wildman–Crippen LogP) is 4.29. The Balaban J connectivity index is 1.84. The average Bonchev–Trinajstić information content (AvgIpc) is 3.19. The van der Waals surface area contributed by atoms with Crippen molar-refractivity contribution in [1.29, 1.82) is 0 Å². The summed E-state index contributed by atoms with van der Waals surface area (Å²) in [6, 6.07) is 3.52. The highest BCUT2D eigenvalue weighted by atomic mass is 32.1. The summed E-state index contributed by atoms with van der Waals surface area (Å²) in [5, 5.41) is 3.41. The molecule has 1 amide bonds. The van der Waals surface area contributed by atoms with Gasteiger partial charge in [0.15, 0.2) is 0 Å². The molecule has 0 spiro atoms. The van der Waals surface area contributed by atoms with Crippen LogP contribution in [-0.4, -0.2) is 18.5 Å². The summed E-state index contributed by atoms with van der Waals surface area (Å²) in [5.74, 6) is 0.525. The molecule has 0 aromatic carbocycles. The van der Waals surface area contributed by atoms with Gasteiger partial charge in [-0.3, -0.25) is 4.79 Å². The molecule has 1 aliphatic rings. The molecule has 1 N–H and O–H groups in total. The summed E-state index contributed by atoms with van der Waals surface area (Å²) in [6.45, 7) is 4.30. The molecule has 1 atom stereocenters. The first-order valence-corrected chi connectivity index (χ1v) is 9.24. The largest absolute Gasteiger partial charge is 0.465 e. The van der Waals surface area contributed by atoms with E-state index >= 15 is 0 Å². The van der Waals surface area contributed by atoms with E-state index < -0.39 is 0 Å². The van der Waals surface area contributed by atoms with Gasteiger partial charge in [0.05, 0.1) is 18.4 Å². The zero-order valence-corrected chi connectivity index (χ0v) is 15.2. The molecular weight excluding hydrogens is 338 g/mol. The second-order valence-corrected chi connectivity index (χ2v) is 7.22. The lowest BCUT2D eigenvalue weighted by atomic mass is 9.88. The van der Waals surface area contributed by atoms with Gasteiger partial charge >= 0.3 is 5.97 Å². The number of esters is 1. The van der Waals surface area contributed by atoms with Gasteiger partial charge in [-0.05, 0) is 55.9 Å². The topological polar surface area (TPSA) is 68.5 Å².